The van der Waals surface area contributed by atoms with E-state index in [0.29, 0.717) is 12.8 Å². The molecule has 0 bridgehead atoms. The number of rotatable bonds is 10. The fraction of sp³-hybridized carbons (Fsp3) is 0.909. The maximum absolute atomic E-state index is 11.8. The molecule has 2 N–H and O–H groups in total. The number of hydrogen-bond acceptors (Lipinski definition) is 5. The third-order valence-electron chi connectivity index (χ3n) is 2.37. The van der Waals surface area contributed by atoms with Crippen LogP contribution in [0, 0.1) is 0 Å². The van der Waals surface area contributed by atoms with Gasteiger partial charge < -0.3 is 14.7 Å². The van der Waals surface area contributed by atoms with Crippen molar-refractivity contribution in [1.82, 2.24) is 9.62 Å². The Bertz CT molecular complexity index is 356. The molecule has 0 aromatic rings. The van der Waals surface area contributed by atoms with Crippen molar-refractivity contribution in [3.8, 4) is 0 Å². The van der Waals surface area contributed by atoms with Gasteiger partial charge in [-0.25, -0.2) is 13.1 Å². The van der Waals surface area contributed by atoms with E-state index >= 15 is 0 Å². The predicted octanol–water partition coefficient (Wildman–Crippen LogP) is -0.828. The van der Waals surface area contributed by atoms with Crippen molar-refractivity contribution in [2.45, 2.75) is 25.8 Å². The number of carbonyl (C=O) groups is 1. The van der Waals surface area contributed by atoms with Crippen LogP contribution in [0.1, 0.15) is 19.8 Å². The molecule has 1 atom stereocenters. The molecule has 19 heavy (non-hydrogen) atoms. The molecule has 0 heterocycles. The molecule has 1 unspecified atom stereocenters. The number of sulfonamides is 1. The topological polar surface area (TPSA) is 95.9 Å². The summed E-state index contributed by atoms with van der Waals surface area (Å²) in [5.74, 6) is -0.491. The van der Waals surface area contributed by atoms with Crippen LogP contribution in [0.5, 0.6) is 0 Å². The zero-order chi connectivity index (χ0) is 14.9. The Kier molecular flexibility index (Phi) is 8.90. The highest BCUT2D eigenvalue weighted by atomic mass is 32.2. The van der Waals surface area contributed by atoms with Crippen LogP contribution < -0.4 is 4.72 Å². The monoisotopic (exact) mass is 296 g/mol. The van der Waals surface area contributed by atoms with Crippen LogP contribution in [0.2, 0.25) is 0 Å². The minimum Gasteiger partial charge on any atom is -0.394 e. The maximum atomic E-state index is 11.8. The van der Waals surface area contributed by atoms with Crippen LogP contribution in [-0.4, -0.2) is 70.0 Å². The molecule has 0 aromatic heterocycles. The molecule has 0 saturated carbocycles. The van der Waals surface area contributed by atoms with Crippen LogP contribution in [0.25, 0.3) is 0 Å². The Hall–Kier alpha value is -0.700. The van der Waals surface area contributed by atoms with E-state index in [4.69, 9.17) is 9.84 Å². The Morgan fingerprint density at radius 3 is 2.47 bits per heavy atom. The molecule has 0 aromatic carbocycles. The molecule has 7 nitrogen and oxygen atoms in total. The Morgan fingerprint density at radius 2 is 2.00 bits per heavy atom. The molecule has 0 fully saturated rings. The third-order valence-corrected chi connectivity index (χ3v) is 3.72. The van der Waals surface area contributed by atoms with E-state index in [1.54, 1.807) is 14.1 Å². The quantitative estimate of drug-likeness (QED) is 0.513. The summed E-state index contributed by atoms with van der Waals surface area (Å²) < 4.78 is 30.9. The van der Waals surface area contributed by atoms with Crippen LogP contribution in [0.4, 0.5) is 0 Å². The van der Waals surface area contributed by atoms with Crippen molar-refractivity contribution >= 4 is 15.9 Å². The number of aliphatic hydroxyl groups is 1. The first-order chi connectivity index (χ1) is 8.84. The average molecular weight is 296 g/mol. The second-order valence-electron chi connectivity index (χ2n) is 4.35. The van der Waals surface area contributed by atoms with Gasteiger partial charge in [0, 0.05) is 14.1 Å². The second kappa shape index (κ2) is 9.24. The first-order valence-electron chi connectivity index (χ1n) is 6.23. The van der Waals surface area contributed by atoms with Crippen molar-refractivity contribution in [1.29, 1.82) is 0 Å². The average Bonchev–Trinajstić information content (AvgIpc) is 2.33. The minimum absolute atomic E-state index is 0.00903. The molecule has 0 rings (SSSR count). The van der Waals surface area contributed by atoms with E-state index in [9.17, 15) is 13.2 Å². The molecule has 0 aliphatic carbocycles. The highest BCUT2D eigenvalue weighted by Crippen LogP contribution is 2.02. The van der Waals surface area contributed by atoms with Crippen LogP contribution in [-0.2, 0) is 19.6 Å². The van der Waals surface area contributed by atoms with Gasteiger partial charge in [0.05, 0.1) is 25.6 Å². The van der Waals surface area contributed by atoms with E-state index in [-0.39, 0.29) is 31.5 Å². The lowest BCUT2D eigenvalue weighted by atomic mass is 10.1. The van der Waals surface area contributed by atoms with Crippen molar-refractivity contribution in [2.24, 2.45) is 0 Å². The molecule has 0 aliphatic rings. The number of nitrogens with one attached hydrogen (secondary N) is 1. The summed E-state index contributed by atoms with van der Waals surface area (Å²) in [5.41, 5.74) is 0. The van der Waals surface area contributed by atoms with Crippen LogP contribution in [0.3, 0.4) is 0 Å². The number of aliphatic hydroxyl groups excluding tert-OH is 1. The fourth-order valence-corrected chi connectivity index (χ4v) is 2.55. The summed E-state index contributed by atoms with van der Waals surface area (Å²) >= 11 is 0. The number of hydrogen-bond donors (Lipinski definition) is 2. The van der Waals surface area contributed by atoms with Crippen molar-refractivity contribution in [2.75, 3.05) is 39.7 Å². The molecular weight excluding hydrogens is 272 g/mol. The minimum atomic E-state index is -3.57. The number of ether oxygens (including phenoxy) is 1. The number of nitrogens with zero attached hydrogens (tertiary/aromatic N) is 1. The Morgan fingerprint density at radius 1 is 1.37 bits per heavy atom. The SMILES string of the molecule is CCCC(NS(=O)(=O)CCOCCO)C(=O)N(C)C. The highest BCUT2D eigenvalue weighted by molar-refractivity contribution is 7.89. The van der Waals surface area contributed by atoms with E-state index in [1.807, 2.05) is 6.92 Å². The van der Waals surface area contributed by atoms with E-state index in [2.05, 4.69) is 4.72 Å². The van der Waals surface area contributed by atoms with Gasteiger partial charge in [0.25, 0.3) is 0 Å². The molecule has 1 amide bonds. The lowest BCUT2D eigenvalue weighted by Gasteiger charge is -2.21. The molecule has 0 saturated heterocycles. The number of amides is 1. The largest absolute Gasteiger partial charge is 0.394 e. The van der Waals surface area contributed by atoms with Gasteiger partial charge in [-0.2, -0.15) is 0 Å². The highest BCUT2D eigenvalue weighted by Gasteiger charge is 2.24. The van der Waals surface area contributed by atoms with Gasteiger partial charge in [0.1, 0.15) is 6.04 Å². The van der Waals surface area contributed by atoms with Gasteiger partial charge in [-0.1, -0.05) is 13.3 Å². The Balaban J connectivity index is 4.43. The molecule has 0 spiro atoms. The molecular formula is C11H24N2O5S. The van der Waals surface area contributed by atoms with Gasteiger partial charge >= 0.3 is 0 Å². The lowest BCUT2D eigenvalue weighted by molar-refractivity contribution is -0.130. The molecule has 0 radical (unpaired) electrons. The smallest absolute Gasteiger partial charge is 0.240 e. The second-order valence-corrected chi connectivity index (χ2v) is 6.22. The van der Waals surface area contributed by atoms with E-state index < -0.39 is 16.1 Å². The molecule has 8 heteroatoms. The normalized spacial score (nSPS) is 13.3. The zero-order valence-corrected chi connectivity index (χ0v) is 12.6. The molecule has 114 valence electrons. The van der Waals surface area contributed by atoms with E-state index in [1.165, 1.54) is 4.90 Å². The summed E-state index contributed by atoms with van der Waals surface area (Å²) in [6.45, 7) is 1.83. The van der Waals surface area contributed by atoms with Gasteiger partial charge in [-0.05, 0) is 6.42 Å². The summed E-state index contributed by atoms with van der Waals surface area (Å²) in [6, 6.07) is -0.733. The van der Waals surface area contributed by atoms with Crippen molar-refractivity contribution < 1.29 is 23.1 Å². The van der Waals surface area contributed by atoms with Crippen molar-refractivity contribution in [3.05, 3.63) is 0 Å². The number of likely N-dealkylation sites (N-methyl/N-ethyl adjacent to an activating group) is 1. The van der Waals surface area contributed by atoms with Gasteiger partial charge in [-0.3, -0.25) is 4.79 Å². The maximum Gasteiger partial charge on any atom is 0.240 e. The molecule has 0 aliphatic heterocycles. The number of carbonyl (C=O) groups excluding carboxylic acids is 1. The third kappa shape index (κ3) is 8.14. The zero-order valence-electron chi connectivity index (χ0n) is 11.8. The standard InChI is InChI=1S/C11H24N2O5S/c1-4-5-10(11(15)13(2)3)12-19(16,17)9-8-18-7-6-14/h10,12,14H,4-9H2,1-3H3. The lowest BCUT2D eigenvalue weighted by Crippen LogP contribution is -2.47. The van der Waals surface area contributed by atoms with Crippen LogP contribution >= 0.6 is 0 Å². The fourth-order valence-electron chi connectivity index (χ4n) is 1.44. The van der Waals surface area contributed by atoms with E-state index in [0.717, 1.165) is 0 Å². The Labute approximate surface area is 115 Å². The summed E-state index contributed by atoms with van der Waals surface area (Å²) in [4.78, 5) is 13.2. The summed E-state index contributed by atoms with van der Waals surface area (Å²) in [5, 5.41) is 8.50. The first kappa shape index (κ1) is 18.3. The summed E-state index contributed by atoms with van der Waals surface area (Å²) in [6.07, 6.45) is 1.15. The first-order valence-corrected chi connectivity index (χ1v) is 7.89. The van der Waals surface area contributed by atoms with Gasteiger partial charge in [0.15, 0.2) is 0 Å². The van der Waals surface area contributed by atoms with Gasteiger partial charge in [0.2, 0.25) is 15.9 Å². The van der Waals surface area contributed by atoms with Crippen molar-refractivity contribution in [3.63, 3.8) is 0 Å². The van der Waals surface area contributed by atoms with Gasteiger partial charge in [-0.15, -0.1) is 0 Å². The van der Waals surface area contributed by atoms with Crippen LogP contribution in [0.15, 0.2) is 0 Å². The predicted molar refractivity (Wildman–Crippen MR) is 72.2 cm³/mol. The summed E-state index contributed by atoms with van der Waals surface area (Å²) in [7, 11) is -0.392.